The molecule has 1 rings (SSSR count). The van der Waals surface area contributed by atoms with E-state index in [0.29, 0.717) is 12.8 Å². The normalized spacial score (nSPS) is 20.5. The average molecular weight is 970 g/mol. The van der Waals surface area contributed by atoms with Crippen molar-refractivity contribution in [3.05, 3.63) is 85.1 Å². The van der Waals surface area contributed by atoms with Gasteiger partial charge in [-0.15, -0.1) is 0 Å². The minimum Gasteiger partial charge on any atom is -0.454 e. The lowest BCUT2D eigenvalue weighted by Gasteiger charge is -2.41. The summed E-state index contributed by atoms with van der Waals surface area (Å²) in [6.45, 7) is 5.57. The highest BCUT2D eigenvalue weighted by molar-refractivity contribution is 5.80. The SMILES string of the molecule is CC/C=C/C=C/C=C\C=C/C=C/CCCCCC(=O)OC1C(OCC(NC(=O)C(O)CCCC/C=C\CCCCCCCC)C(O)/C=C/CCCCCCCCCCCCC)OC(CO)C(O)C1O. The van der Waals surface area contributed by atoms with Gasteiger partial charge in [-0.3, -0.25) is 9.59 Å². The van der Waals surface area contributed by atoms with E-state index in [-0.39, 0.29) is 19.4 Å². The summed E-state index contributed by atoms with van der Waals surface area (Å²) in [5.41, 5.74) is 0. The van der Waals surface area contributed by atoms with Crippen LogP contribution in [0, 0.1) is 0 Å². The molecule has 1 aliphatic rings. The van der Waals surface area contributed by atoms with E-state index in [4.69, 9.17) is 14.2 Å². The molecule has 0 aromatic heterocycles. The summed E-state index contributed by atoms with van der Waals surface area (Å²) >= 11 is 0. The second kappa shape index (κ2) is 45.9. The quantitative estimate of drug-likeness (QED) is 0.0149. The summed E-state index contributed by atoms with van der Waals surface area (Å²) in [4.78, 5) is 26.4. The second-order valence-corrected chi connectivity index (χ2v) is 18.7. The molecule has 69 heavy (non-hydrogen) atoms. The predicted octanol–water partition coefficient (Wildman–Crippen LogP) is 11.8. The third-order valence-corrected chi connectivity index (χ3v) is 12.4. The summed E-state index contributed by atoms with van der Waals surface area (Å²) < 4.78 is 17.5. The lowest BCUT2D eigenvalue weighted by atomic mass is 9.99. The van der Waals surface area contributed by atoms with Crippen LogP contribution in [0.3, 0.4) is 0 Å². The minimum absolute atomic E-state index is 0.0690. The van der Waals surface area contributed by atoms with Crippen LogP contribution in [-0.4, -0.2) is 99.6 Å². The molecule has 1 heterocycles. The zero-order valence-electron chi connectivity index (χ0n) is 43.4. The summed E-state index contributed by atoms with van der Waals surface area (Å²) in [5, 5.41) is 56.7. The number of rotatable bonds is 44. The van der Waals surface area contributed by atoms with Crippen LogP contribution < -0.4 is 5.32 Å². The molecule has 11 nitrogen and oxygen atoms in total. The third kappa shape index (κ3) is 34.7. The van der Waals surface area contributed by atoms with Gasteiger partial charge in [0.25, 0.3) is 0 Å². The molecule has 6 N–H and O–H groups in total. The fourth-order valence-corrected chi connectivity index (χ4v) is 8.02. The number of carbonyl (C=O) groups is 2. The number of esters is 1. The first-order chi connectivity index (χ1) is 33.7. The van der Waals surface area contributed by atoms with Crippen molar-refractivity contribution >= 4 is 11.9 Å². The predicted molar refractivity (Wildman–Crippen MR) is 282 cm³/mol. The van der Waals surface area contributed by atoms with Crippen molar-refractivity contribution in [3.63, 3.8) is 0 Å². The number of amides is 1. The molecule has 0 aromatic rings. The van der Waals surface area contributed by atoms with Crippen molar-refractivity contribution in [2.24, 2.45) is 0 Å². The summed E-state index contributed by atoms with van der Waals surface area (Å²) in [7, 11) is 0. The van der Waals surface area contributed by atoms with Gasteiger partial charge in [-0.1, -0.05) is 215 Å². The Morgan fingerprint density at radius 1 is 0.580 bits per heavy atom. The van der Waals surface area contributed by atoms with E-state index >= 15 is 0 Å². The van der Waals surface area contributed by atoms with Gasteiger partial charge in [0.2, 0.25) is 5.91 Å². The molecule has 0 aliphatic carbocycles. The lowest BCUT2D eigenvalue weighted by molar-refractivity contribution is -0.305. The summed E-state index contributed by atoms with van der Waals surface area (Å²) in [5.74, 6) is -1.26. The molecule has 0 radical (unpaired) electrons. The molecule has 0 bridgehead atoms. The van der Waals surface area contributed by atoms with E-state index in [1.165, 1.54) is 96.3 Å². The van der Waals surface area contributed by atoms with Gasteiger partial charge < -0.3 is 45.1 Å². The zero-order chi connectivity index (χ0) is 50.4. The Morgan fingerprint density at radius 2 is 1.06 bits per heavy atom. The number of ether oxygens (including phenoxy) is 3. The van der Waals surface area contributed by atoms with Crippen molar-refractivity contribution in [2.45, 2.75) is 256 Å². The second-order valence-electron chi connectivity index (χ2n) is 18.7. The van der Waals surface area contributed by atoms with Crippen LogP contribution in [-0.2, 0) is 23.8 Å². The van der Waals surface area contributed by atoms with Crippen molar-refractivity contribution in [2.75, 3.05) is 13.2 Å². The first-order valence-corrected chi connectivity index (χ1v) is 27.4. The van der Waals surface area contributed by atoms with Crippen LogP contribution in [0.1, 0.15) is 207 Å². The van der Waals surface area contributed by atoms with Gasteiger partial charge in [0, 0.05) is 6.42 Å². The maximum atomic E-state index is 13.3. The number of carbonyl (C=O) groups excluding carboxylic acids is 2. The Bertz CT molecular complexity index is 1440. The Hall–Kier alpha value is -3.16. The van der Waals surface area contributed by atoms with E-state index in [9.17, 15) is 35.1 Å². The van der Waals surface area contributed by atoms with Gasteiger partial charge in [0.15, 0.2) is 12.4 Å². The molecule has 1 saturated heterocycles. The number of hydrogen-bond donors (Lipinski definition) is 6. The highest BCUT2D eigenvalue weighted by Crippen LogP contribution is 2.26. The smallest absolute Gasteiger partial charge is 0.306 e. The minimum atomic E-state index is -1.64. The van der Waals surface area contributed by atoms with Crippen LogP contribution in [0.2, 0.25) is 0 Å². The number of unbranched alkanes of at least 4 members (excludes halogenated alkanes) is 22. The topological polar surface area (TPSA) is 175 Å². The molecular formula is C58H99NO10. The molecular weight excluding hydrogens is 871 g/mol. The van der Waals surface area contributed by atoms with Crippen molar-refractivity contribution < 1.29 is 49.3 Å². The molecule has 8 atom stereocenters. The monoisotopic (exact) mass is 970 g/mol. The Balaban J connectivity index is 2.81. The Morgan fingerprint density at radius 3 is 1.61 bits per heavy atom. The van der Waals surface area contributed by atoms with E-state index in [1.54, 1.807) is 6.08 Å². The van der Waals surface area contributed by atoms with E-state index in [0.717, 1.165) is 64.2 Å². The van der Waals surface area contributed by atoms with Crippen LogP contribution >= 0.6 is 0 Å². The highest BCUT2D eigenvalue weighted by atomic mass is 16.7. The van der Waals surface area contributed by atoms with E-state index in [2.05, 4.69) is 50.4 Å². The molecule has 1 fully saturated rings. The first kappa shape index (κ1) is 63.9. The summed E-state index contributed by atoms with van der Waals surface area (Å²) in [6, 6.07) is -1.04. The number of aliphatic hydroxyl groups excluding tert-OH is 5. The maximum absolute atomic E-state index is 13.3. The standard InChI is InChI=1S/C58H99NO10/c1-4-7-10-13-16-19-22-25-26-28-31-34-37-40-43-46-53(63)69-56-55(65)54(64)52(47-60)68-58(56)67-48-49(50(61)44-41-38-35-32-30-27-23-20-17-14-11-8-5-2)59-57(66)51(62)45-42-39-36-33-29-24-21-18-15-12-9-6-3/h7,10,13,16,19,22,25-26,28-29,31,33,41,44,49-52,54-56,58,60-62,64-65H,4-6,8-9,11-12,14-15,17-18,20-21,23-24,27,30,32,34-40,42-43,45-48H2,1-3H3,(H,59,66)/b10-7+,16-13+,22-19-,26-25-,31-28+,33-29-,44-41+. The number of aliphatic hydroxyl groups is 5. The van der Waals surface area contributed by atoms with Gasteiger partial charge >= 0.3 is 5.97 Å². The van der Waals surface area contributed by atoms with Gasteiger partial charge in [-0.05, 0) is 70.6 Å². The number of allylic oxidation sites excluding steroid dienone is 13. The third-order valence-electron chi connectivity index (χ3n) is 12.4. The summed E-state index contributed by atoms with van der Waals surface area (Å²) in [6.07, 6.45) is 47.7. The maximum Gasteiger partial charge on any atom is 0.306 e. The van der Waals surface area contributed by atoms with Crippen LogP contribution in [0.15, 0.2) is 85.1 Å². The molecule has 0 saturated carbocycles. The van der Waals surface area contributed by atoms with Gasteiger partial charge in [0.05, 0.1) is 25.4 Å². The van der Waals surface area contributed by atoms with Gasteiger partial charge in [-0.2, -0.15) is 0 Å². The zero-order valence-corrected chi connectivity index (χ0v) is 43.4. The van der Waals surface area contributed by atoms with Gasteiger partial charge in [0.1, 0.15) is 24.4 Å². The van der Waals surface area contributed by atoms with Crippen molar-refractivity contribution in [3.8, 4) is 0 Å². The van der Waals surface area contributed by atoms with Crippen LogP contribution in [0.25, 0.3) is 0 Å². The van der Waals surface area contributed by atoms with Gasteiger partial charge in [-0.25, -0.2) is 0 Å². The first-order valence-electron chi connectivity index (χ1n) is 27.4. The number of nitrogens with one attached hydrogen (secondary N) is 1. The van der Waals surface area contributed by atoms with E-state index in [1.807, 2.05) is 54.7 Å². The molecule has 0 spiro atoms. The lowest BCUT2D eigenvalue weighted by Crippen LogP contribution is -2.61. The average Bonchev–Trinajstić information content (AvgIpc) is 3.34. The molecule has 0 aromatic carbocycles. The van der Waals surface area contributed by atoms with Crippen molar-refractivity contribution in [1.82, 2.24) is 5.32 Å². The highest BCUT2D eigenvalue weighted by Gasteiger charge is 2.47. The largest absolute Gasteiger partial charge is 0.454 e. The van der Waals surface area contributed by atoms with Crippen LogP contribution in [0.5, 0.6) is 0 Å². The van der Waals surface area contributed by atoms with Crippen molar-refractivity contribution in [1.29, 1.82) is 0 Å². The Kier molecular flexibility index (Phi) is 42.5. The molecule has 1 amide bonds. The fraction of sp³-hybridized carbons (Fsp3) is 0.724. The molecule has 11 heteroatoms. The van der Waals surface area contributed by atoms with Crippen LogP contribution in [0.4, 0.5) is 0 Å². The number of hydrogen-bond acceptors (Lipinski definition) is 10. The molecule has 396 valence electrons. The molecule has 1 aliphatic heterocycles. The fourth-order valence-electron chi connectivity index (χ4n) is 8.02. The molecule has 8 unspecified atom stereocenters. The Labute approximate surface area is 419 Å². The van der Waals surface area contributed by atoms with E-state index < -0.39 is 67.4 Å².